The van der Waals surface area contributed by atoms with Gasteiger partial charge in [-0.25, -0.2) is 0 Å². The van der Waals surface area contributed by atoms with E-state index in [1.54, 1.807) is 0 Å². The van der Waals surface area contributed by atoms with Crippen molar-refractivity contribution in [3.63, 3.8) is 0 Å². The van der Waals surface area contributed by atoms with Gasteiger partial charge in [0.2, 0.25) is 5.91 Å². The summed E-state index contributed by atoms with van der Waals surface area (Å²) in [4.78, 5) is 10.6. The Balaban J connectivity index is 1.62. The predicted octanol–water partition coefficient (Wildman–Crippen LogP) is 0.570. The Bertz CT molecular complexity index is 277. The monoisotopic (exact) mass is 256 g/mol. The molecule has 3 N–H and O–H groups in total. The SMILES string of the molecule is NC(=O)CCCCNC1CCOC2(CCOC2)C1. The average molecular weight is 256 g/mol. The summed E-state index contributed by atoms with van der Waals surface area (Å²) in [5, 5.41) is 3.56. The van der Waals surface area contributed by atoms with Crippen molar-refractivity contribution in [2.45, 2.75) is 50.2 Å². The molecule has 2 aliphatic rings. The minimum atomic E-state index is -0.205. The molecule has 1 spiro atoms. The molecule has 2 saturated heterocycles. The van der Waals surface area contributed by atoms with Crippen LogP contribution in [0.2, 0.25) is 0 Å². The summed E-state index contributed by atoms with van der Waals surface area (Å²) in [5.74, 6) is -0.205. The lowest BCUT2D eigenvalue weighted by Gasteiger charge is -2.37. The molecule has 18 heavy (non-hydrogen) atoms. The Morgan fingerprint density at radius 3 is 3.00 bits per heavy atom. The van der Waals surface area contributed by atoms with Crippen LogP contribution in [0.25, 0.3) is 0 Å². The van der Waals surface area contributed by atoms with E-state index in [0.717, 1.165) is 58.5 Å². The summed E-state index contributed by atoms with van der Waals surface area (Å²) in [7, 11) is 0. The van der Waals surface area contributed by atoms with Crippen LogP contribution in [-0.4, -0.2) is 43.9 Å². The second-order valence-electron chi connectivity index (χ2n) is 5.40. The number of carbonyl (C=O) groups excluding carboxylic acids is 1. The Morgan fingerprint density at radius 1 is 1.39 bits per heavy atom. The highest BCUT2D eigenvalue weighted by atomic mass is 16.6. The number of amides is 1. The van der Waals surface area contributed by atoms with Crippen molar-refractivity contribution in [1.82, 2.24) is 5.32 Å². The molecule has 0 bridgehead atoms. The zero-order chi connectivity index (χ0) is 12.8. The largest absolute Gasteiger partial charge is 0.378 e. The van der Waals surface area contributed by atoms with Gasteiger partial charge in [0.1, 0.15) is 0 Å². The van der Waals surface area contributed by atoms with Crippen molar-refractivity contribution in [2.24, 2.45) is 5.73 Å². The third kappa shape index (κ3) is 3.93. The van der Waals surface area contributed by atoms with E-state index in [4.69, 9.17) is 15.2 Å². The number of hydrogen-bond donors (Lipinski definition) is 2. The summed E-state index contributed by atoms with van der Waals surface area (Å²) < 4.78 is 11.3. The van der Waals surface area contributed by atoms with Gasteiger partial charge in [-0.3, -0.25) is 4.79 Å². The third-order valence-corrected chi connectivity index (χ3v) is 3.84. The van der Waals surface area contributed by atoms with Crippen molar-refractivity contribution in [3.05, 3.63) is 0 Å². The van der Waals surface area contributed by atoms with Gasteiger partial charge in [-0.05, 0) is 32.2 Å². The maximum Gasteiger partial charge on any atom is 0.217 e. The zero-order valence-corrected chi connectivity index (χ0v) is 11.0. The molecule has 5 heteroatoms. The molecule has 5 nitrogen and oxygen atoms in total. The first-order valence-corrected chi connectivity index (χ1v) is 6.94. The molecule has 2 fully saturated rings. The molecule has 0 aliphatic carbocycles. The van der Waals surface area contributed by atoms with E-state index in [1.807, 2.05) is 0 Å². The quantitative estimate of drug-likeness (QED) is 0.681. The minimum absolute atomic E-state index is 0.0247. The van der Waals surface area contributed by atoms with E-state index in [0.29, 0.717) is 12.5 Å². The summed E-state index contributed by atoms with van der Waals surface area (Å²) >= 11 is 0. The molecule has 104 valence electrons. The van der Waals surface area contributed by atoms with Gasteiger partial charge in [-0.1, -0.05) is 0 Å². The number of hydrogen-bond acceptors (Lipinski definition) is 4. The standard InChI is InChI=1S/C13H24N2O3/c14-12(16)3-1-2-6-15-11-4-7-18-13(9-11)5-8-17-10-13/h11,15H,1-10H2,(H2,14,16). The molecular formula is C13H24N2O3. The molecule has 0 radical (unpaired) electrons. The molecule has 0 aromatic rings. The highest BCUT2D eigenvalue weighted by Crippen LogP contribution is 2.32. The van der Waals surface area contributed by atoms with Gasteiger partial charge >= 0.3 is 0 Å². The van der Waals surface area contributed by atoms with Crippen LogP contribution in [0.15, 0.2) is 0 Å². The van der Waals surface area contributed by atoms with E-state index in [-0.39, 0.29) is 11.5 Å². The third-order valence-electron chi connectivity index (χ3n) is 3.84. The van der Waals surface area contributed by atoms with Crippen LogP contribution in [0.5, 0.6) is 0 Å². The van der Waals surface area contributed by atoms with Crippen molar-refractivity contribution >= 4 is 5.91 Å². The van der Waals surface area contributed by atoms with Crippen molar-refractivity contribution in [1.29, 1.82) is 0 Å². The maximum absolute atomic E-state index is 10.6. The molecule has 2 heterocycles. The van der Waals surface area contributed by atoms with Crippen LogP contribution < -0.4 is 11.1 Å². The molecule has 0 aromatic heterocycles. The Labute approximate surface area is 108 Å². The smallest absolute Gasteiger partial charge is 0.217 e. The Morgan fingerprint density at radius 2 is 2.28 bits per heavy atom. The van der Waals surface area contributed by atoms with Crippen LogP contribution in [0.1, 0.15) is 38.5 Å². The minimum Gasteiger partial charge on any atom is -0.378 e. The van der Waals surface area contributed by atoms with Gasteiger partial charge in [-0.15, -0.1) is 0 Å². The second-order valence-corrected chi connectivity index (χ2v) is 5.40. The van der Waals surface area contributed by atoms with Gasteiger partial charge < -0.3 is 20.5 Å². The molecule has 2 rings (SSSR count). The summed E-state index contributed by atoms with van der Waals surface area (Å²) in [6.45, 7) is 3.34. The summed E-state index contributed by atoms with van der Waals surface area (Å²) in [5.41, 5.74) is 5.08. The average Bonchev–Trinajstić information content (AvgIpc) is 2.76. The number of unbranched alkanes of at least 4 members (excludes halogenated alkanes) is 1. The van der Waals surface area contributed by atoms with Gasteiger partial charge in [0, 0.05) is 32.1 Å². The zero-order valence-electron chi connectivity index (χ0n) is 11.0. The van der Waals surface area contributed by atoms with E-state index < -0.39 is 0 Å². The van der Waals surface area contributed by atoms with Crippen molar-refractivity contribution in [3.8, 4) is 0 Å². The van der Waals surface area contributed by atoms with Crippen LogP contribution in [-0.2, 0) is 14.3 Å². The topological polar surface area (TPSA) is 73.6 Å². The lowest BCUT2D eigenvalue weighted by molar-refractivity contribution is -0.118. The summed E-state index contributed by atoms with van der Waals surface area (Å²) in [6, 6.07) is 0.522. The molecule has 0 saturated carbocycles. The Kier molecular flexibility index (Phi) is 4.97. The van der Waals surface area contributed by atoms with Crippen LogP contribution >= 0.6 is 0 Å². The highest BCUT2D eigenvalue weighted by molar-refractivity contribution is 5.73. The molecular weight excluding hydrogens is 232 g/mol. The van der Waals surface area contributed by atoms with Crippen LogP contribution in [0.4, 0.5) is 0 Å². The number of carbonyl (C=O) groups is 1. The molecule has 2 aliphatic heterocycles. The van der Waals surface area contributed by atoms with Crippen molar-refractivity contribution in [2.75, 3.05) is 26.4 Å². The van der Waals surface area contributed by atoms with E-state index in [9.17, 15) is 4.79 Å². The van der Waals surface area contributed by atoms with Gasteiger partial charge in [0.15, 0.2) is 0 Å². The highest BCUT2D eigenvalue weighted by Gasteiger charge is 2.40. The van der Waals surface area contributed by atoms with E-state index in [2.05, 4.69) is 5.32 Å². The first-order chi connectivity index (χ1) is 8.70. The lowest BCUT2D eigenvalue weighted by Crippen LogP contribution is -2.47. The van der Waals surface area contributed by atoms with E-state index in [1.165, 1.54) is 0 Å². The first kappa shape index (κ1) is 13.8. The number of ether oxygens (including phenoxy) is 2. The van der Waals surface area contributed by atoms with Gasteiger partial charge in [0.25, 0.3) is 0 Å². The Hall–Kier alpha value is -0.650. The summed E-state index contributed by atoms with van der Waals surface area (Å²) in [6.07, 6.45) is 5.50. The fourth-order valence-corrected chi connectivity index (χ4v) is 2.80. The van der Waals surface area contributed by atoms with Crippen LogP contribution in [0.3, 0.4) is 0 Å². The second kappa shape index (κ2) is 6.50. The van der Waals surface area contributed by atoms with E-state index >= 15 is 0 Å². The number of nitrogens with two attached hydrogens (primary N) is 1. The number of rotatable bonds is 6. The first-order valence-electron chi connectivity index (χ1n) is 6.94. The predicted molar refractivity (Wildman–Crippen MR) is 68.2 cm³/mol. The molecule has 2 atom stereocenters. The molecule has 1 amide bonds. The van der Waals surface area contributed by atoms with Crippen LogP contribution in [0, 0.1) is 0 Å². The normalized spacial score (nSPS) is 31.9. The molecule has 0 aromatic carbocycles. The molecule has 2 unspecified atom stereocenters. The fourth-order valence-electron chi connectivity index (χ4n) is 2.80. The maximum atomic E-state index is 10.6. The lowest BCUT2D eigenvalue weighted by atomic mass is 9.89. The van der Waals surface area contributed by atoms with Gasteiger partial charge in [0.05, 0.1) is 12.2 Å². The van der Waals surface area contributed by atoms with Crippen molar-refractivity contribution < 1.29 is 14.3 Å². The number of nitrogens with one attached hydrogen (secondary N) is 1. The van der Waals surface area contributed by atoms with Gasteiger partial charge in [-0.2, -0.15) is 0 Å². The fraction of sp³-hybridized carbons (Fsp3) is 0.923. The number of primary amides is 1.